The fourth-order valence-corrected chi connectivity index (χ4v) is 3.62. The molecule has 5 heteroatoms. The first-order valence-electron chi connectivity index (χ1n) is 9.70. The van der Waals surface area contributed by atoms with Gasteiger partial charge in [0.25, 0.3) is 0 Å². The Kier molecular flexibility index (Phi) is 6.69. The standard InChI is InChI=1S/C22H28FN3O/c1-2-14-26(22(27)24-20-7-4-3-5-8-20)17-21-9-6-15-25(21)16-18-10-12-19(23)13-11-18/h2,6,9-13,15,20H,1,3-5,7-8,14,16-17H2,(H,24,27). The Balaban J connectivity index is 1.65. The average Bonchev–Trinajstić information content (AvgIpc) is 3.11. The molecule has 0 aliphatic heterocycles. The van der Waals surface area contributed by atoms with Crippen LogP contribution in [0.25, 0.3) is 0 Å². The Hall–Kier alpha value is -2.56. The predicted molar refractivity (Wildman–Crippen MR) is 106 cm³/mol. The van der Waals surface area contributed by atoms with Crippen molar-refractivity contribution >= 4 is 6.03 Å². The molecule has 1 saturated carbocycles. The van der Waals surface area contributed by atoms with Crippen LogP contribution in [0.3, 0.4) is 0 Å². The zero-order valence-corrected chi connectivity index (χ0v) is 15.7. The molecule has 4 nitrogen and oxygen atoms in total. The van der Waals surface area contributed by atoms with Crippen LogP contribution in [0, 0.1) is 5.82 Å². The number of amides is 2. The molecule has 27 heavy (non-hydrogen) atoms. The van der Waals surface area contributed by atoms with E-state index in [2.05, 4.69) is 16.5 Å². The molecule has 0 unspecified atom stereocenters. The van der Waals surface area contributed by atoms with E-state index in [4.69, 9.17) is 0 Å². The van der Waals surface area contributed by atoms with Gasteiger partial charge in [-0.3, -0.25) is 0 Å². The second kappa shape index (κ2) is 9.40. The number of halogens is 1. The topological polar surface area (TPSA) is 37.3 Å². The normalized spacial score (nSPS) is 14.7. The van der Waals surface area contributed by atoms with Crippen molar-refractivity contribution in [2.24, 2.45) is 0 Å². The molecule has 1 N–H and O–H groups in total. The number of benzene rings is 1. The lowest BCUT2D eigenvalue weighted by Crippen LogP contribution is -2.45. The van der Waals surface area contributed by atoms with Gasteiger partial charge in [0, 0.05) is 31.0 Å². The molecule has 1 fully saturated rings. The highest BCUT2D eigenvalue weighted by Crippen LogP contribution is 2.18. The molecule has 2 aromatic rings. The van der Waals surface area contributed by atoms with E-state index >= 15 is 0 Å². The highest BCUT2D eigenvalue weighted by atomic mass is 19.1. The van der Waals surface area contributed by atoms with Gasteiger partial charge in [-0.25, -0.2) is 9.18 Å². The van der Waals surface area contributed by atoms with Crippen molar-refractivity contribution in [2.75, 3.05) is 6.54 Å². The molecule has 0 saturated heterocycles. The molecule has 1 aliphatic carbocycles. The first-order valence-corrected chi connectivity index (χ1v) is 9.70. The number of nitrogens with zero attached hydrogens (tertiary/aromatic N) is 2. The fourth-order valence-electron chi connectivity index (χ4n) is 3.62. The number of rotatable bonds is 7. The minimum Gasteiger partial charge on any atom is -0.345 e. The van der Waals surface area contributed by atoms with Gasteiger partial charge < -0.3 is 14.8 Å². The predicted octanol–water partition coefficient (Wildman–Crippen LogP) is 4.71. The first-order chi connectivity index (χ1) is 13.2. The third kappa shape index (κ3) is 5.46. The number of hydrogen-bond acceptors (Lipinski definition) is 1. The Bertz CT molecular complexity index is 747. The van der Waals surface area contributed by atoms with Crippen molar-refractivity contribution in [3.8, 4) is 0 Å². The molecule has 2 amide bonds. The van der Waals surface area contributed by atoms with E-state index in [9.17, 15) is 9.18 Å². The number of carbonyl (C=O) groups is 1. The van der Waals surface area contributed by atoms with Gasteiger partial charge >= 0.3 is 6.03 Å². The van der Waals surface area contributed by atoms with E-state index in [0.29, 0.717) is 19.6 Å². The Morgan fingerprint density at radius 1 is 1.22 bits per heavy atom. The molecule has 1 heterocycles. The zero-order valence-electron chi connectivity index (χ0n) is 15.7. The maximum Gasteiger partial charge on any atom is 0.318 e. The van der Waals surface area contributed by atoms with Crippen molar-refractivity contribution in [1.29, 1.82) is 0 Å². The number of hydrogen-bond donors (Lipinski definition) is 1. The maximum absolute atomic E-state index is 13.1. The molecule has 3 rings (SSSR count). The SMILES string of the molecule is C=CCN(Cc1cccn1Cc1ccc(F)cc1)C(=O)NC1CCCCC1. The van der Waals surface area contributed by atoms with Gasteiger partial charge in [0.2, 0.25) is 0 Å². The summed E-state index contributed by atoms with van der Waals surface area (Å²) in [4.78, 5) is 14.5. The van der Waals surface area contributed by atoms with Crippen molar-refractivity contribution < 1.29 is 9.18 Å². The van der Waals surface area contributed by atoms with Gasteiger partial charge in [-0.05, 0) is 42.7 Å². The summed E-state index contributed by atoms with van der Waals surface area (Å²) in [5, 5.41) is 3.18. The minimum atomic E-state index is -0.233. The quantitative estimate of drug-likeness (QED) is 0.706. The van der Waals surface area contributed by atoms with E-state index in [1.165, 1.54) is 31.4 Å². The molecular weight excluding hydrogens is 341 g/mol. The van der Waals surface area contributed by atoms with Gasteiger partial charge in [-0.1, -0.05) is 37.5 Å². The number of aromatic nitrogens is 1. The fraction of sp³-hybridized carbons (Fsp3) is 0.409. The van der Waals surface area contributed by atoms with E-state index in [-0.39, 0.29) is 17.9 Å². The molecule has 0 bridgehead atoms. The first kappa shape index (κ1) is 19.2. The van der Waals surface area contributed by atoms with Crippen LogP contribution in [0.2, 0.25) is 0 Å². The lowest BCUT2D eigenvalue weighted by atomic mass is 9.96. The van der Waals surface area contributed by atoms with Gasteiger partial charge in [-0.15, -0.1) is 6.58 Å². The molecule has 1 aromatic heterocycles. The van der Waals surface area contributed by atoms with Crippen LogP contribution in [0.15, 0.2) is 55.3 Å². The third-order valence-electron chi connectivity index (χ3n) is 5.11. The molecule has 0 atom stereocenters. The van der Waals surface area contributed by atoms with Gasteiger partial charge in [-0.2, -0.15) is 0 Å². The summed E-state index contributed by atoms with van der Waals surface area (Å²) < 4.78 is 15.2. The number of carbonyl (C=O) groups excluding carboxylic acids is 1. The number of nitrogens with one attached hydrogen (secondary N) is 1. The Labute approximate surface area is 160 Å². The molecule has 1 aliphatic rings. The van der Waals surface area contributed by atoms with Crippen molar-refractivity contribution in [2.45, 2.75) is 51.2 Å². The van der Waals surface area contributed by atoms with Crippen LogP contribution in [0.5, 0.6) is 0 Å². The molecular formula is C22H28FN3O. The summed E-state index contributed by atoms with van der Waals surface area (Å²) in [6.07, 6.45) is 9.51. The average molecular weight is 369 g/mol. The monoisotopic (exact) mass is 369 g/mol. The summed E-state index contributed by atoms with van der Waals surface area (Å²) >= 11 is 0. The second-order valence-corrected chi connectivity index (χ2v) is 7.21. The molecule has 1 aromatic carbocycles. The summed E-state index contributed by atoms with van der Waals surface area (Å²) in [6, 6.07) is 10.8. The lowest BCUT2D eigenvalue weighted by molar-refractivity contribution is 0.192. The van der Waals surface area contributed by atoms with Gasteiger partial charge in [0.1, 0.15) is 5.82 Å². The van der Waals surface area contributed by atoms with E-state index < -0.39 is 0 Å². The van der Waals surface area contributed by atoms with Gasteiger partial charge in [0.15, 0.2) is 0 Å². The summed E-state index contributed by atoms with van der Waals surface area (Å²) in [5.41, 5.74) is 2.07. The van der Waals surface area contributed by atoms with Crippen LogP contribution in [0.4, 0.5) is 9.18 Å². The van der Waals surface area contributed by atoms with E-state index in [1.54, 1.807) is 23.1 Å². The minimum absolute atomic E-state index is 0.0312. The second-order valence-electron chi connectivity index (χ2n) is 7.21. The molecule has 0 spiro atoms. The molecule has 144 valence electrons. The summed E-state index contributed by atoms with van der Waals surface area (Å²) in [6.45, 7) is 5.45. The van der Waals surface area contributed by atoms with Crippen molar-refractivity contribution in [3.05, 3.63) is 72.3 Å². The van der Waals surface area contributed by atoms with E-state index in [1.807, 2.05) is 18.3 Å². The van der Waals surface area contributed by atoms with Crippen LogP contribution in [0.1, 0.15) is 43.4 Å². The van der Waals surface area contributed by atoms with Crippen LogP contribution in [-0.2, 0) is 13.1 Å². The van der Waals surface area contributed by atoms with Crippen molar-refractivity contribution in [1.82, 2.24) is 14.8 Å². The lowest BCUT2D eigenvalue weighted by Gasteiger charge is -2.28. The largest absolute Gasteiger partial charge is 0.345 e. The van der Waals surface area contributed by atoms with Crippen LogP contribution in [-0.4, -0.2) is 28.1 Å². The van der Waals surface area contributed by atoms with E-state index in [0.717, 1.165) is 24.1 Å². The summed E-state index contributed by atoms with van der Waals surface area (Å²) in [5.74, 6) is -0.233. The van der Waals surface area contributed by atoms with Crippen LogP contribution >= 0.6 is 0 Å². The highest BCUT2D eigenvalue weighted by Gasteiger charge is 2.20. The smallest absolute Gasteiger partial charge is 0.318 e. The van der Waals surface area contributed by atoms with Crippen molar-refractivity contribution in [3.63, 3.8) is 0 Å². The van der Waals surface area contributed by atoms with Crippen LogP contribution < -0.4 is 5.32 Å². The van der Waals surface area contributed by atoms with Gasteiger partial charge in [0.05, 0.1) is 6.54 Å². The maximum atomic E-state index is 13.1. The summed E-state index contributed by atoms with van der Waals surface area (Å²) in [7, 11) is 0. The Morgan fingerprint density at radius 3 is 2.67 bits per heavy atom. The third-order valence-corrected chi connectivity index (χ3v) is 5.11. The number of urea groups is 1. The molecule has 0 radical (unpaired) electrons. The zero-order chi connectivity index (χ0) is 19.1. The highest BCUT2D eigenvalue weighted by molar-refractivity contribution is 5.74. The Morgan fingerprint density at radius 2 is 1.96 bits per heavy atom.